The fraction of sp³-hybridized carbons (Fsp3) is 0.667. The number of nitrogens with one attached hydrogen (secondary N) is 1. The zero-order valence-electron chi connectivity index (χ0n) is 16.7. The molecule has 0 radical (unpaired) electrons. The Balaban J connectivity index is 0.00000225. The number of hydrogen-bond acceptors (Lipinski definition) is 4. The van der Waals surface area contributed by atoms with Crippen LogP contribution in [-0.2, 0) is 11.3 Å². The van der Waals surface area contributed by atoms with E-state index in [-0.39, 0.29) is 30.1 Å². The van der Waals surface area contributed by atoms with Crippen LogP contribution in [0.1, 0.15) is 31.2 Å². The van der Waals surface area contributed by atoms with E-state index in [4.69, 9.17) is 10.5 Å². The van der Waals surface area contributed by atoms with Gasteiger partial charge in [-0.3, -0.25) is 4.90 Å². The highest BCUT2D eigenvalue weighted by atomic mass is 127. The maximum absolute atomic E-state index is 5.97. The second-order valence-electron chi connectivity index (χ2n) is 8.11. The van der Waals surface area contributed by atoms with Gasteiger partial charge < -0.3 is 20.7 Å². The minimum absolute atomic E-state index is 0. The van der Waals surface area contributed by atoms with Crippen molar-refractivity contribution in [2.75, 3.05) is 50.8 Å². The molecule has 2 heterocycles. The normalized spacial score (nSPS) is 23.5. The van der Waals surface area contributed by atoms with E-state index < -0.39 is 0 Å². The van der Waals surface area contributed by atoms with Crippen molar-refractivity contribution in [2.24, 2.45) is 16.6 Å². The molecule has 6 nitrogen and oxygen atoms in total. The van der Waals surface area contributed by atoms with Crippen LogP contribution in [0.3, 0.4) is 0 Å². The Kier molecular flexibility index (Phi) is 8.23. The van der Waals surface area contributed by atoms with Gasteiger partial charge in [-0.2, -0.15) is 0 Å². The van der Waals surface area contributed by atoms with E-state index in [1.54, 1.807) is 0 Å². The predicted octanol–water partition coefficient (Wildman–Crippen LogP) is 2.42. The van der Waals surface area contributed by atoms with Gasteiger partial charge in [0, 0.05) is 51.6 Å². The summed E-state index contributed by atoms with van der Waals surface area (Å²) in [6, 6.07) is 8.78. The highest BCUT2D eigenvalue weighted by molar-refractivity contribution is 14.0. The average molecular weight is 499 g/mol. The van der Waals surface area contributed by atoms with Gasteiger partial charge in [-0.25, -0.2) is 4.99 Å². The number of guanidine groups is 1. The van der Waals surface area contributed by atoms with E-state index in [1.807, 2.05) is 0 Å². The van der Waals surface area contributed by atoms with Crippen LogP contribution < -0.4 is 16.0 Å². The molecular formula is C21H34IN5O. The molecule has 7 heteroatoms. The minimum Gasteiger partial charge on any atom is -0.376 e. The van der Waals surface area contributed by atoms with E-state index in [9.17, 15) is 0 Å². The van der Waals surface area contributed by atoms with Gasteiger partial charge >= 0.3 is 0 Å². The smallest absolute Gasteiger partial charge is 0.189 e. The number of anilines is 1. The van der Waals surface area contributed by atoms with E-state index >= 15 is 0 Å². The predicted molar refractivity (Wildman–Crippen MR) is 126 cm³/mol. The second kappa shape index (κ2) is 10.6. The number of rotatable bonds is 7. The van der Waals surface area contributed by atoms with Crippen molar-refractivity contribution in [3.63, 3.8) is 0 Å². The summed E-state index contributed by atoms with van der Waals surface area (Å²) in [6.45, 7) is 8.18. The SMILES string of the molecule is I.NC(=NCc1ccc(N2CCN(CC3CC3)CC2)cc1)NCC1CCCO1. The lowest BCUT2D eigenvalue weighted by Gasteiger charge is -2.36. The van der Waals surface area contributed by atoms with Crippen LogP contribution in [0.2, 0.25) is 0 Å². The third kappa shape index (κ3) is 6.49. The Morgan fingerprint density at radius 1 is 1.11 bits per heavy atom. The molecule has 0 bridgehead atoms. The molecule has 156 valence electrons. The highest BCUT2D eigenvalue weighted by Crippen LogP contribution is 2.30. The van der Waals surface area contributed by atoms with Gasteiger partial charge in [0.2, 0.25) is 0 Å². The Bertz CT molecular complexity index is 620. The van der Waals surface area contributed by atoms with Crippen molar-refractivity contribution < 1.29 is 4.74 Å². The molecule has 3 fully saturated rings. The molecule has 1 aromatic rings. The molecule has 2 saturated heterocycles. The average Bonchev–Trinajstić information content (AvgIpc) is 3.36. The summed E-state index contributed by atoms with van der Waals surface area (Å²) in [6.07, 6.45) is 5.42. The molecule has 0 spiro atoms. The highest BCUT2D eigenvalue weighted by Gasteiger charge is 2.26. The second-order valence-corrected chi connectivity index (χ2v) is 8.11. The number of nitrogens with two attached hydrogens (primary N) is 1. The van der Waals surface area contributed by atoms with Crippen LogP contribution in [0.15, 0.2) is 29.3 Å². The Morgan fingerprint density at radius 2 is 1.86 bits per heavy atom. The summed E-state index contributed by atoms with van der Waals surface area (Å²) in [4.78, 5) is 9.57. The van der Waals surface area contributed by atoms with Crippen molar-refractivity contribution in [3.8, 4) is 0 Å². The van der Waals surface area contributed by atoms with E-state index in [1.165, 1.54) is 43.7 Å². The first-order chi connectivity index (χ1) is 13.3. The van der Waals surface area contributed by atoms with Crippen molar-refractivity contribution in [3.05, 3.63) is 29.8 Å². The number of aliphatic imine (C=N–C) groups is 1. The number of halogens is 1. The van der Waals surface area contributed by atoms with Crippen molar-refractivity contribution in [2.45, 2.75) is 38.3 Å². The van der Waals surface area contributed by atoms with Crippen LogP contribution in [0.25, 0.3) is 0 Å². The molecule has 1 aliphatic carbocycles. The molecule has 0 amide bonds. The molecule has 1 saturated carbocycles. The molecule has 3 N–H and O–H groups in total. The van der Waals surface area contributed by atoms with Crippen LogP contribution in [0.4, 0.5) is 5.69 Å². The molecule has 1 unspecified atom stereocenters. The monoisotopic (exact) mass is 499 g/mol. The van der Waals surface area contributed by atoms with Crippen LogP contribution in [0.5, 0.6) is 0 Å². The molecule has 3 aliphatic rings. The van der Waals surface area contributed by atoms with Gasteiger partial charge in [-0.05, 0) is 49.3 Å². The lowest BCUT2D eigenvalue weighted by atomic mass is 10.1. The number of hydrogen-bond donors (Lipinski definition) is 2. The van der Waals surface area contributed by atoms with Gasteiger partial charge in [0.05, 0.1) is 12.6 Å². The summed E-state index contributed by atoms with van der Waals surface area (Å²) in [5.41, 5.74) is 8.47. The molecule has 2 aliphatic heterocycles. The summed E-state index contributed by atoms with van der Waals surface area (Å²) in [5, 5.41) is 3.17. The fourth-order valence-electron chi connectivity index (χ4n) is 3.92. The zero-order valence-corrected chi connectivity index (χ0v) is 19.0. The van der Waals surface area contributed by atoms with E-state index in [0.29, 0.717) is 12.5 Å². The fourth-order valence-corrected chi connectivity index (χ4v) is 3.92. The largest absolute Gasteiger partial charge is 0.376 e. The molecule has 1 aromatic carbocycles. The van der Waals surface area contributed by atoms with Crippen molar-refractivity contribution >= 4 is 35.6 Å². The van der Waals surface area contributed by atoms with Crippen LogP contribution >= 0.6 is 24.0 Å². The standard InChI is InChI=1S/C21H33N5O.HI/c22-21(24-15-20-2-1-13-27-20)23-14-17-5-7-19(8-6-17)26-11-9-25(10-12-26)16-18-3-4-18;/h5-8,18,20H,1-4,9-16H2,(H3,22,23,24);1H. The maximum Gasteiger partial charge on any atom is 0.189 e. The summed E-state index contributed by atoms with van der Waals surface area (Å²) in [7, 11) is 0. The molecule has 4 rings (SSSR count). The lowest BCUT2D eigenvalue weighted by Crippen LogP contribution is -2.47. The number of ether oxygens (including phenoxy) is 1. The Morgan fingerprint density at radius 3 is 2.50 bits per heavy atom. The number of piperazine rings is 1. The van der Waals surface area contributed by atoms with Gasteiger partial charge in [-0.1, -0.05) is 12.1 Å². The van der Waals surface area contributed by atoms with Crippen molar-refractivity contribution in [1.29, 1.82) is 0 Å². The minimum atomic E-state index is 0. The topological polar surface area (TPSA) is 66.1 Å². The maximum atomic E-state index is 5.97. The first-order valence-electron chi connectivity index (χ1n) is 10.5. The van der Waals surface area contributed by atoms with E-state index in [0.717, 1.165) is 45.0 Å². The van der Waals surface area contributed by atoms with Gasteiger partial charge in [0.1, 0.15) is 0 Å². The molecule has 28 heavy (non-hydrogen) atoms. The first kappa shape index (κ1) is 21.6. The molecule has 0 aromatic heterocycles. The van der Waals surface area contributed by atoms with Gasteiger partial charge in [-0.15, -0.1) is 24.0 Å². The Labute approximate surface area is 185 Å². The van der Waals surface area contributed by atoms with Crippen LogP contribution in [0, 0.1) is 5.92 Å². The third-order valence-electron chi connectivity index (χ3n) is 5.85. The Hall–Kier alpha value is -1.06. The molecule has 1 atom stereocenters. The number of nitrogens with zero attached hydrogens (tertiary/aromatic N) is 3. The number of benzene rings is 1. The first-order valence-corrected chi connectivity index (χ1v) is 10.5. The summed E-state index contributed by atoms with van der Waals surface area (Å²) >= 11 is 0. The van der Waals surface area contributed by atoms with Crippen molar-refractivity contribution in [1.82, 2.24) is 10.2 Å². The quantitative estimate of drug-likeness (QED) is 0.343. The molecular weight excluding hydrogens is 465 g/mol. The van der Waals surface area contributed by atoms with Gasteiger partial charge in [0.15, 0.2) is 5.96 Å². The summed E-state index contributed by atoms with van der Waals surface area (Å²) < 4.78 is 5.58. The third-order valence-corrected chi connectivity index (χ3v) is 5.85. The zero-order chi connectivity index (χ0) is 18.5. The summed E-state index contributed by atoms with van der Waals surface area (Å²) in [5.74, 6) is 1.49. The van der Waals surface area contributed by atoms with Crippen LogP contribution in [-0.4, -0.2) is 62.8 Å². The van der Waals surface area contributed by atoms with Gasteiger partial charge in [0.25, 0.3) is 0 Å². The van der Waals surface area contributed by atoms with E-state index in [2.05, 4.69) is 44.4 Å². The lowest BCUT2D eigenvalue weighted by molar-refractivity contribution is 0.114.